The highest BCUT2D eigenvalue weighted by atomic mass is 16.6. The molecule has 10 nitrogen and oxygen atoms in total. The lowest BCUT2D eigenvalue weighted by Gasteiger charge is -2.16. The molecule has 3 heterocycles. The number of nitrogens with two attached hydrogens (primary N) is 1. The molecule has 1 aliphatic heterocycles. The maximum Gasteiger partial charge on any atom is 0.252 e. The summed E-state index contributed by atoms with van der Waals surface area (Å²) >= 11 is 0. The highest BCUT2D eigenvalue weighted by Gasteiger charge is 2.47. The van der Waals surface area contributed by atoms with Crippen molar-refractivity contribution in [3.8, 4) is 11.8 Å². The molecular formula is C21H28N6O4. The van der Waals surface area contributed by atoms with E-state index in [1.807, 2.05) is 0 Å². The first-order chi connectivity index (χ1) is 15.0. The zero-order valence-corrected chi connectivity index (χ0v) is 17.5. The van der Waals surface area contributed by atoms with Crippen molar-refractivity contribution in [1.29, 1.82) is 0 Å². The van der Waals surface area contributed by atoms with Crippen LogP contribution in [0.25, 0.3) is 11.2 Å². The number of fused-ring (bicyclic) bond motifs is 1. The van der Waals surface area contributed by atoms with Gasteiger partial charge in [-0.15, -0.1) is 0 Å². The third kappa shape index (κ3) is 4.35. The Bertz CT molecular complexity index is 1010. The molecular weight excluding hydrogens is 400 g/mol. The van der Waals surface area contributed by atoms with Crippen molar-refractivity contribution < 1.29 is 19.7 Å². The molecule has 4 rings (SSSR count). The standard InChI is InChI=1S/C21H28N6O4/c1-2-23-20(30)17-15(28)16(29)21(31-17)27-11-24-14-18(22)25-13(26-19(14)27)10-6-9-12-7-4-3-5-8-12/h11-12,15-17,21,28-29H,2-5,7-8,10H2,1H3,(H,23,30)(H2,22,25,26)/t15-,16+,17-,21+/m0/s1. The molecule has 0 spiro atoms. The molecule has 2 aromatic rings. The molecule has 1 saturated heterocycles. The molecule has 1 aliphatic carbocycles. The van der Waals surface area contributed by atoms with Gasteiger partial charge in [0.1, 0.15) is 23.5 Å². The van der Waals surface area contributed by atoms with Crippen LogP contribution in [0.5, 0.6) is 0 Å². The van der Waals surface area contributed by atoms with Crippen LogP contribution in [0, 0.1) is 17.8 Å². The minimum absolute atomic E-state index is 0.200. The van der Waals surface area contributed by atoms with E-state index in [1.54, 1.807) is 6.92 Å². The molecule has 0 bridgehead atoms. The Hall–Kier alpha value is -2.74. The Morgan fingerprint density at radius 1 is 1.29 bits per heavy atom. The summed E-state index contributed by atoms with van der Waals surface area (Å²) < 4.78 is 7.15. The molecule has 2 fully saturated rings. The number of carbonyl (C=O) groups excluding carboxylic acids is 1. The summed E-state index contributed by atoms with van der Waals surface area (Å²) in [6.07, 6.45) is 2.80. The van der Waals surface area contributed by atoms with Crippen molar-refractivity contribution in [2.75, 3.05) is 12.3 Å². The molecule has 0 radical (unpaired) electrons. The molecule has 2 aromatic heterocycles. The molecule has 1 saturated carbocycles. The Labute approximate surface area is 180 Å². The van der Waals surface area contributed by atoms with Crippen molar-refractivity contribution >= 4 is 22.9 Å². The van der Waals surface area contributed by atoms with Gasteiger partial charge >= 0.3 is 0 Å². The van der Waals surface area contributed by atoms with Gasteiger partial charge in [-0.3, -0.25) is 9.36 Å². The van der Waals surface area contributed by atoms with Crippen LogP contribution in [0.3, 0.4) is 0 Å². The van der Waals surface area contributed by atoms with E-state index < -0.39 is 30.4 Å². The van der Waals surface area contributed by atoms with Gasteiger partial charge in [0.25, 0.3) is 5.91 Å². The normalized spacial score (nSPS) is 26.5. The minimum atomic E-state index is -1.38. The van der Waals surface area contributed by atoms with Crippen molar-refractivity contribution in [3.05, 3.63) is 12.2 Å². The predicted octanol–water partition coefficient (Wildman–Crippen LogP) is 0.290. The average Bonchev–Trinajstić information content (AvgIpc) is 3.31. The van der Waals surface area contributed by atoms with E-state index in [2.05, 4.69) is 32.1 Å². The number of rotatable bonds is 4. The van der Waals surface area contributed by atoms with Crippen molar-refractivity contribution in [2.45, 2.75) is 70.0 Å². The van der Waals surface area contributed by atoms with Gasteiger partial charge in [0.15, 0.2) is 23.8 Å². The number of carbonyl (C=O) groups is 1. The number of hydrogen-bond acceptors (Lipinski definition) is 8. The largest absolute Gasteiger partial charge is 0.387 e. The zero-order valence-electron chi connectivity index (χ0n) is 17.5. The fourth-order valence-corrected chi connectivity index (χ4v) is 4.15. The smallest absolute Gasteiger partial charge is 0.252 e. The highest BCUT2D eigenvalue weighted by Crippen LogP contribution is 2.32. The number of aromatic nitrogens is 4. The van der Waals surface area contributed by atoms with Crippen LogP contribution in [0.2, 0.25) is 0 Å². The topological polar surface area (TPSA) is 148 Å². The van der Waals surface area contributed by atoms with Gasteiger partial charge in [-0.05, 0) is 19.8 Å². The van der Waals surface area contributed by atoms with E-state index in [4.69, 9.17) is 10.5 Å². The number of amides is 1. The Kier molecular flexibility index (Phi) is 6.36. The van der Waals surface area contributed by atoms with Crippen LogP contribution in [0.4, 0.5) is 5.82 Å². The summed E-state index contributed by atoms with van der Waals surface area (Å²) in [5, 5.41) is 23.4. The number of ether oxygens (including phenoxy) is 1. The van der Waals surface area contributed by atoms with E-state index in [0.717, 1.165) is 12.8 Å². The minimum Gasteiger partial charge on any atom is -0.387 e. The summed E-state index contributed by atoms with van der Waals surface area (Å²) in [7, 11) is 0. The number of nitrogen functional groups attached to an aromatic ring is 1. The Morgan fingerprint density at radius 3 is 2.81 bits per heavy atom. The maximum absolute atomic E-state index is 12.1. The molecule has 10 heteroatoms. The predicted molar refractivity (Wildman–Crippen MR) is 112 cm³/mol. The number of nitrogens with zero attached hydrogens (tertiary/aromatic N) is 4. The van der Waals surface area contributed by atoms with E-state index in [0.29, 0.717) is 35.9 Å². The maximum atomic E-state index is 12.1. The molecule has 0 unspecified atom stereocenters. The Morgan fingerprint density at radius 2 is 2.06 bits per heavy atom. The molecule has 5 N–H and O–H groups in total. The van der Waals surface area contributed by atoms with Crippen molar-refractivity contribution in [3.63, 3.8) is 0 Å². The molecule has 2 aliphatic rings. The lowest BCUT2D eigenvalue weighted by Crippen LogP contribution is -2.42. The number of nitrogens with one attached hydrogen (secondary N) is 1. The second-order valence-electron chi connectivity index (χ2n) is 8.00. The van der Waals surface area contributed by atoms with Crippen LogP contribution < -0.4 is 11.1 Å². The number of aliphatic hydroxyl groups excluding tert-OH is 2. The highest BCUT2D eigenvalue weighted by molar-refractivity contribution is 5.83. The third-order valence-electron chi connectivity index (χ3n) is 5.77. The summed E-state index contributed by atoms with van der Waals surface area (Å²) in [5.41, 5.74) is 6.78. The van der Waals surface area contributed by atoms with Crippen LogP contribution in [-0.4, -0.2) is 60.5 Å². The average molecular weight is 428 g/mol. The number of hydrogen-bond donors (Lipinski definition) is 4. The van der Waals surface area contributed by atoms with Crippen LogP contribution in [-0.2, 0) is 16.0 Å². The first kappa shape index (κ1) is 21.5. The number of imidazole rings is 1. The first-order valence-corrected chi connectivity index (χ1v) is 10.8. The lowest BCUT2D eigenvalue weighted by atomic mass is 9.90. The van der Waals surface area contributed by atoms with Gasteiger partial charge in [-0.1, -0.05) is 31.1 Å². The van der Waals surface area contributed by atoms with Gasteiger partial charge < -0.3 is 26.0 Å². The quantitative estimate of drug-likeness (QED) is 0.508. The van der Waals surface area contributed by atoms with Crippen LogP contribution in [0.1, 0.15) is 51.1 Å². The molecule has 1 amide bonds. The van der Waals surface area contributed by atoms with E-state index in [1.165, 1.54) is 30.2 Å². The fourth-order valence-electron chi connectivity index (χ4n) is 4.15. The van der Waals surface area contributed by atoms with E-state index >= 15 is 0 Å². The third-order valence-corrected chi connectivity index (χ3v) is 5.77. The lowest BCUT2D eigenvalue weighted by molar-refractivity contribution is -0.137. The van der Waals surface area contributed by atoms with Crippen molar-refractivity contribution in [1.82, 2.24) is 24.8 Å². The number of aliphatic hydroxyl groups is 2. The monoisotopic (exact) mass is 428 g/mol. The zero-order chi connectivity index (χ0) is 22.0. The molecule has 166 valence electrons. The molecule has 31 heavy (non-hydrogen) atoms. The van der Waals surface area contributed by atoms with Gasteiger partial charge in [0.05, 0.1) is 12.7 Å². The van der Waals surface area contributed by atoms with E-state index in [9.17, 15) is 15.0 Å². The van der Waals surface area contributed by atoms with Crippen LogP contribution in [0.15, 0.2) is 6.33 Å². The summed E-state index contributed by atoms with van der Waals surface area (Å²) in [4.78, 5) is 25.2. The van der Waals surface area contributed by atoms with Gasteiger partial charge in [0, 0.05) is 12.5 Å². The summed E-state index contributed by atoms with van der Waals surface area (Å²) in [5.74, 6) is 7.05. The van der Waals surface area contributed by atoms with Crippen molar-refractivity contribution in [2.24, 2.45) is 5.92 Å². The SMILES string of the molecule is CCNC(=O)[C@H]1O[C@@H](n2cnc3c(N)nc(CC#CC4CCCCC4)nc32)[C@H](O)[C@@H]1O. The summed E-state index contributed by atoms with van der Waals surface area (Å²) in [6, 6.07) is 0. The second-order valence-corrected chi connectivity index (χ2v) is 8.00. The first-order valence-electron chi connectivity index (χ1n) is 10.8. The number of anilines is 1. The van der Waals surface area contributed by atoms with Crippen LogP contribution >= 0.6 is 0 Å². The van der Waals surface area contributed by atoms with E-state index in [-0.39, 0.29) is 5.82 Å². The Balaban J connectivity index is 1.58. The van der Waals surface area contributed by atoms with Gasteiger partial charge in [-0.2, -0.15) is 0 Å². The van der Waals surface area contributed by atoms with Gasteiger partial charge in [-0.25, -0.2) is 15.0 Å². The second kappa shape index (κ2) is 9.18. The summed E-state index contributed by atoms with van der Waals surface area (Å²) in [6.45, 7) is 2.14. The molecule has 4 atom stereocenters. The van der Waals surface area contributed by atoms with Gasteiger partial charge in [0.2, 0.25) is 0 Å². The molecule has 0 aromatic carbocycles. The number of likely N-dealkylation sites (N-methyl/N-ethyl adjacent to an activating group) is 1. The fraction of sp³-hybridized carbons (Fsp3) is 0.619.